The normalized spacial score (nSPS) is 28.0. The Balaban J connectivity index is 1.46. The lowest BCUT2D eigenvalue weighted by Crippen LogP contribution is -2.67. The molecule has 0 aromatic heterocycles. The molecule has 2 saturated heterocycles. The number of hydrogen-bond acceptors (Lipinski definition) is 8. The summed E-state index contributed by atoms with van der Waals surface area (Å²) < 4.78 is 101. The molecule has 0 saturated carbocycles. The lowest BCUT2D eigenvalue weighted by atomic mass is 9.89. The molecule has 52 heavy (non-hydrogen) atoms. The first-order valence-electron chi connectivity index (χ1n) is 18.1. The predicted octanol–water partition coefficient (Wildman–Crippen LogP) is 7.94. The molecule has 0 unspecified atom stereocenters. The van der Waals surface area contributed by atoms with E-state index in [1.807, 2.05) is 12.1 Å². The first kappa shape index (κ1) is 41.0. The Labute approximate surface area is 309 Å². The lowest BCUT2D eigenvalue weighted by Gasteiger charge is -2.45. The smallest absolute Gasteiger partial charge is 0.456 e. The van der Waals surface area contributed by atoms with Gasteiger partial charge < -0.3 is 27.2 Å². The highest BCUT2D eigenvalue weighted by Gasteiger charge is 2.54. The minimum Gasteiger partial charge on any atom is -0.456 e. The van der Waals surface area contributed by atoms with E-state index in [1.165, 1.54) is 6.08 Å². The summed E-state index contributed by atoms with van der Waals surface area (Å²) in [6, 6.07) is 20.9. The molecule has 0 bridgehead atoms. The Morgan fingerprint density at radius 3 is 1.90 bits per heavy atom. The fourth-order valence-electron chi connectivity index (χ4n) is 7.36. The maximum absolute atomic E-state index is 13.1. The van der Waals surface area contributed by atoms with Crippen molar-refractivity contribution in [3.63, 3.8) is 0 Å². The van der Waals surface area contributed by atoms with Crippen LogP contribution in [0, 0.1) is 0 Å². The Morgan fingerprint density at radius 2 is 1.38 bits per heavy atom. The summed E-state index contributed by atoms with van der Waals surface area (Å²) in [4.78, 5) is 0. The number of halogens is 3. The average Bonchev–Trinajstić information content (AvgIpc) is 3.27. The predicted molar refractivity (Wildman–Crippen MR) is 200 cm³/mol. The summed E-state index contributed by atoms with van der Waals surface area (Å²) in [7, 11) is -11.1. The fourth-order valence-corrected chi connectivity index (χ4v) is 13.7. The number of alkyl halides is 3. The summed E-state index contributed by atoms with van der Waals surface area (Å²) in [5, 5.41) is 2.02. The molecule has 0 N–H and O–H groups in total. The van der Waals surface area contributed by atoms with Crippen molar-refractivity contribution in [2.45, 2.75) is 145 Å². The summed E-state index contributed by atoms with van der Waals surface area (Å²) in [6.45, 7) is 19.8. The second-order valence-corrected chi connectivity index (χ2v) is 27.6. The van der Waals surface area contributed by atoms with Crippen molar-refractivity contribution in [1.29, 1.82) is 0 Å². The van der Waals surface area contributed by atoms with Gasteiger partial charge in [-0.15, -0.1) is 0 Å². The molecule has 8 nitrogen and oxygen atoms in total. The molecular formula is C38H55F3O8SSi2. The van der Waals surface area contributed by atoms with Crippen LogP contribution in [0.1, 0.15) is 80.6 Å². The van der Waals surface area contributed by atoms with Crippen LogP contribution in [0.4, 0.5) is 13.2 Å². The third kappa shape index (κ3) is 8.37. The van der Waals surface area contributed by atoms with E-state index in [0.29, 0.717) is 25.7 Å². The monoisotopic (exact) mass is 784 g/mol. The van der Waals surface area contributed by atoms with Gasteiger partial charge in [0.05, 0.1) is 24.9 Å². The molecule has 0 amide bonds. The molecule has 0 aliphatic carbocycles. The molecule has 2 fully saturated rings. The minimum absolute atomic E-state index is 0.0452. The number of ether oxygens (including phenoxy) is 3. The van der Waals surface area contributed by atoms with E-state index in [1.54, 1.807) is 6.92 Å². The molecule has 2 aromatic carbocycles. The molecule has 5 rings (SSSR count). The van der Waals surface area contributed by atoms with Crippen LogP contribution in [0.25, 0.3) is 0 Å². The maximum atomic E-state index is 13.1. The van der Waals surface area contributed by atoms with E-state index in [9.17, 15) is 21.6 Å². The molecule has 14 heteroatoms. The number of rotatable bonds is 9. The van der Waals surface area contributed by atoms with Crippen LogP contribution in [-0.4, -0.2) is 73.3 Å². The van der Waals surface area contributed by atoms with E-state index >= 15 is 0 Å². The third-order valence-electron chi connectivity index (χ3n) is 11.3. The summed E-state index contributed by atoms with van der Waals surface area (Å²) in [5.41, 5.74) is -6.72. The first-order valence-corrected chi connectivity index (χ1v) is 24.4. The second kappa shape index (κ2) is 14.8. The van der Waals surface area contributed by atoms with Crippen LogP contribution in [0.5, 0.6) is 0 Å². The van der Waals surface area contributed by atoms with Crippen LogP contribution < -0.4 is 10.4 Å². The molecule has 2 aromatic rings. The van der Waals surface area contributed by atoms with E-state index in [4.69, 9.17) is 23.1 Å². The highest BCUT2D eigenvalue weighted by molar-refractivity contribution is 7.87. The molecular weight excluding hydrogens is 730 g/mol. The molecule has 290 valence electrons. The van der Waals surface area contributed by atoms with Gasteiger partial charge in [-0.25, -0.2) is 0 Å². The van der Waals surface area contributed by atoms with E-state index < -0.39 is 62.1 Å². The van der Waals surface area contributed by atoms with Crippen LogP contribution in [-0.2, 0) is 37.4 Å². The lowest BCUT2D eigenvalue weighted by molar-refractivity contribution is -0.169. The van der Waals surface area contributed by atoms with Gasteiger partial charge >= 0.3 is 15.6 Å². The van der Waals surface area contributed by atoms with Gasteiger partial charge in [-0.1, -0.05) is 102 Å². The molecule has 3 aliphatic heterocycles. The molecule has 6 atom stereocenters. The zero-order valence-electron chi connectivity index (χ0n) is 31.8. The van der Waals surface area contributed by atoms with Crippen molar-refractivity contribution in [1.82, 2.24) is 0 Å². The van der Waals surface area contributed by atoms with Gasteiger partial charge in [0.25, 0.3) is 14.3 Å². The maximum Gasteiger partial charge on any atom is 0.534 e. The first-order chi connectivity index (χ1) is 24.0. The molecule has 3 heterocycles. The minimum atomic E-state index is -5.89. The summed E-state index contributed by atoms with van der Waals surface area (Å²) in [6.07, 6.45) is 1.38. The van der Waals surface area contributed by atoms with Crippen LogP contribution in [0.2, 0.25) is 23.2 Å². The van der Waals surface area contributed by atoms with Crippen molar-refractivity contribution >= 4 is 37.1 Å². The topological polar surface area (TPSA) is 89.5 Å². The van der Waals surface area contributed by atoms with Gasteiger partial charge in [0.2, 0.25) is 0 Å². The zero-order chi connectivity index (χ0) is 38.4. The van der Waals surface area contributed by atoms with Gasteiger partial charge in [-0.3, -0.25) is 0 Å². The van der Waals surface area contributed by atoms with Crippen molar-refractivity contribution in [3.05, 3.63) is 72.7 Å². The van der Waals surface area contributed by atoms with Gasteiger partial charge in [-0.2, -0.15) is 21.6 Å². The Morgan fingerprint density at radius 1 is 0.827 bits per heavy atom. The molecule has 0 radical (unpaired) electrons. The van der Waals surface area contributed by atoms with Gasteiger partial charge in [0.1, 0.15) is 17.8 Å². The van der Waals surface area contributed by atoms with Crippen LogP contribution in [0.15, 0.2) is 72.7 Å². The number of benzene rings is 2. The van der Waals surface area contributed by atoms with Gasteiger partial charge in [-0.05, 0) is 66.2 Å². The van der Waals surface area contributed by atoms with Crippen LogP contribution >= 0.6 is 0 Å². The fraction of sp³-hybridized carbons (Fsp3) is 0.632. The van der Waals surface area contributed by atoms with Crippen molar-refractivity contribution < 1.29 is 48.8 Å². The van der Waals surface area contributed by atoms with Crippen molar-refractivity contribution in [2.24, 2.45) is 0 Å². The largest absolute Gasteiger partial charge is 0.534 e. The molecule has 0 spiro atoms. The van der Waals surface area contributed by atoms with E-state index in [2.05, 4.69) is 107 Å². The van der Waals surface area contributed by atoms with Crippen LogP contribution in [0.3, 0.4) is 0 Å². The number of hydrogen-bond donors (Lipinski definition) is 0. The third-order valence-corrected chi connectivity index (χ3v) is 21.8. The second-order valence-electron chi connectivity index (χ2n) is 17.0. The number of fused-ring (bicyclic) bond motifs is 2. The molecule has 3 aliphatic rings. The average molecular weight is 785 g/mol. The quantitative estimate of drug-likeness (QED) is 0.144. The highest BCUT2D eigenvalue weighted by atomic mass is 32.2. The Kier molecular flexibility index (Phi) is 11.7. The summed E-state index contributed by atoms with van der Waals surface area (Å²) in [5.74, 6) is -0.692. The Bertz CT molecular complexity index is 1620. The van der Waals surface area contributed by atoms with E-state index in [0.717, 1.165) is 10.4 Å². The van der Waals surface area contributed by atoms with Gasteiger partial charge in [0, 0.05) is 12.5 Å². The summed E-state index contributed by atoms with van der Waals surface area (Å²) >= 11 is 0. The van der Waals surface area contributed by atoms with Crippen molar-refractivity contribution in [3.8, 4) is 0 Å². The zero-order valence-corrected chi connectivity index (χ0v) is 34.6. The highest BCUT2D eigenvalue weighted by Crippen LogP contribution is 2.45. The SMILES string of the molecule is CC(C)(C)[Si](C)(C)O[C@H]1CC[C@H]2O[C@H]3CC=C(OS(=O)(=O)C(F)(F)F)O[C@]3(C)CC[C@@H]2O[C@@H]1CO[Si](c1ccccc1)(c1ccccc1)C(C)(C)C. The Hall–Kier alpha value is -2.21. The standard InChI is InChI=1S/C38H55F3O8SSi2/c1-35(2,3)51(8,9)49-31-21-20-29-30(24-25-37(7)33(46-29)22-23-34(47-37)48-50(42,43)38(39,40)41)45-32(31)26-44-52(36(4,5)6,27-16-12-10-13-17-27)28-18-14-11-15-19-28/h10-19,23,29-33H,20-22,24-26H2,1-9H3/t29-,30+,31+,32-,33+,37-/m1/s1. The van der Waals surface area contributed by atoms with E-state index in [-0.39, 0.29) is 35.3 Å². The van der Waals surface area contributed by atoms with Crippen molar-refractivity contribution in [2.75, 3.05) is 6.61 Å². The van der Waals surface area contributed by atoms with Gasteiger partial charge in [0.15, 0.2) is 8.32 Å².